The summed E-state index contributed by atoms with van der Waals surface area (Å²) in [5.74, 6) is 2.72. The van der Waals surface area contributed by atoms with E-state index in [-0.39, 0.29) is 5.91 Å². The van der Waals surface area contributed by atoms with Crippen molar-refractivity contribution >= 4 is 17.7 Å². The number of nitrogens with one attached hydrogen (secondary N) is 2. The van der Waals surface area contributed by atoms with E-state index in [9.17, 15) is 4.79 Å². The Morgan fingerprint density at radius 1 is 1.29 bits per heavy atom. The molecule has 5 heteroatoms. The topological polar surface area (TPSA) is 44.4 Å². The lowest BCUT2D eigenvalue weighted by atomic mass is 10.0. The Kier molecular flexibility index (Phi) is 5.13. The second-order valence-electron chi connectivity index (χ2n) is 4.95. The quantitative estimate of drug-likeness (QED) is 0.760. The van der Waals surface area contributed by atoms with Crippen LogP contribution in [0.5, 0.6) is 0 Å². The largest absolute Gasteiger partial charge is 0.358 e. The minimum atomic E-state index is 0.128. The molecule has 0 saturated carbocycles. The van der Waals surface area contributed by atoms with E-state index >= 15 is 0 Å². The first-order valence-corrected chi connectivity index (χ1v) is 7.70. The number of carbonyl (C=O) groups is 1. The van der Waals surface area contributed by atoms with Crippen LogP contribution in [0.15, 0.2) is 0 Å². The van der Waals surface area contributed by atoms with Gasteiger partial charge in [0.2, 0.25) is 5.91 Å². The van der Waals surface area contributed by atoms with Gasteiger partial charge in [-0.05, 0) is 25.0 Å². The van der Waals surface area contributed by atoms with Gasteiger partial charge in [-0.1, -0.05) is 0 Å². The van der Waals surface area contributed by atoms with E-state index in [0.29, 0.717) is 12.6 Å². The number of thioether (sulfide) groups is 1. The number of hydrogen-bond acceptors (Lipinski definition) is 4. The summed E-state index contributed by atoms with van der Waals surface area (Å²) >= 11 is 2.06. The molecule has 1 amide bonds. The van der Waals surface area contributed by atoms with Crippen molar-refractivity contribution in [1.82, 2.24) is 15.5 Å². The molecule has 0 bridgehead atoms. The fourth-order valence-corrected chi connectivity index (χ4v) is 3.70. The predicted octanol–water partition coefficient (Wildman–Crippen LogP) is 0.292. The average molecular weight is 257 g/mol. The molecule has 4 nitrogen and oxygen atoms in total. The molecule has 1 atom stereocenters. The Labute approximate surface area is 108 Å². The monoisotopic (exact) mass is 257 g/mol. The van der Waals surface area contributed by atoms with E-state index in [4.69, 9.17) is 0 Å². The van der Waals surface area contributed by atoms with Crippen molar-refractivity contribution in [2.75, 3.05) is 38.2 Å². The second kappa shape index (κ2) is 6.61. The number of likely N-dealkylation sites (tertiary alicyclic amines) is 1. The maximum atomic E-state index is 11.3. The minimum Gasteiger partial charge on any atom is -0.358 e. The van der Waals surface area contributed by atoms with Gasteiger partial charge >= 0.3 is 0 Å². The van der Waals surface area contributed by atoms with Crippen LogP contribution in [0.4, 0.5) is 0 Å². The fourth-order valence-electron chi connectivity index (χ4n) is 2.54. The van der Waals surface area contributed by atoms with Crippen molar-refractivity contribution in [3.63, 3.8) is 0 Å². The molecular formula is C12H23N3OS. The molecule has 1 unspecified atom stereocenters. The van der Waals surface area contributed by atoms with Crippen LogP contribution in [-0.2, 0) is 4.79 Å². The van der Waals surface area contributed by atoms with E-state index < -0.39 is 0 Å². The lowest BCUT2D eigenvalue weighted by molar-refractivity contribution is -0.122. The van der Waals surface area contributed by atoms with Crippen molar-refractivity contribution in [3.8, 4) is 0 Å². The summed E-state index contributed by atoms with van der Waals surface area (Å²) in [5.41, 5.74) is 0. The summed E-state index contributed by atoms with van der Waals surface area (Å²) in [6, 6.07) is 1.40. The Balaban J connectivity index is 1.65. The van der Waals surface area contributed by atoms with Gasteiger partial charge in [0.25, 0.3) is 0 Å². The molecule has 2 saturated heterocycles. The molecule has 2 N–H and O–H groups in total. The zero-order chi connectivity index (χ0) is 12.1. The molecule has 2 rings (SSSR count). The Bertz CT molecular complexity index is 248. The number of piperidine rings is 1. The SMILES string of the molecule is CNC(=O)CN1CCC(NC2CCSC2)CC1. The molecule has 0 aromatic rings. The van der Waals surface area contributed by atoms with Crippen LogP contribution in [0, 0.1) is 0 Å². The Morgan fingerprint density at radius 3 is 2.65 bits per heavy atom. The van der Waals surface area contributed by atoms with Crippen molar-refractivity contribution in [2.45, 2.75) is 31.3 Å². The van der Waals surface area contributed by atoms with Crippen LogP contribution in [0.1, 0.15) is 19.3 Å². The standard InChI is InChI=1S/C12H23N3OS/c1-13-12(16)8-15-5-2-10(3-6-15)14-11-4-7-17-9-11/h10-11,14H,2-9H2,1H3,(H,13,16). The molecule has 0 aromatic heterocycles. The summed E-state index contributed by atoms with van der Waals surface area (Å²) in [4.78, 5) is 13.5. The van der Waals surface area contributed by atoms with Crippen LogP contribution in [0.2, 0.25) is 0 Å². The van der Waals surface area contributed by atoms with E-state index in [0.717, 1.165) is 19.1 Å². The molecule has 0 aromatic carbocycles. The van der Waals surface area contributed by atoms with Gasteiger partial charge in [-0.25, -0.2) is 0 Å². The molecule has 2 aliphatic heterocycles. The van der Waals surface area contributed by atoms with E-state index in [1.54, 1.807) is 7.05 Å². The third-order valence-corrected chi connectivity index (χ3v) is 4.80. The third kappa shape index (κ3) is 4.16. The maximum Gasteiger partial charge on any atom is 0.233 e. The van der Waals surface area contributed by atoms with Crippen molar-refractivity contribution in [2.24, 2.45) is 0 Å². The van der Waals surface area contributed by atoms with Gasteiger partial charge in [0.1, 0.15) is 0 Å². The van der Waals surface area contributed by atoms with Gasteiger partial charge in [-0.3, -0.25) is 9.69 Å². The highest BCUT2D eigenvalue weighted by Gasteiger charge is 2.24. The van der Waals surface area contributed by atoms with E-state index in [1.165, 1.54) is 30.8 Å². The lowest BCUT2D eigenvalue weighted by Gasteiger charge is -2.33. The van der Waals surface area contributed by atoms with Crippen LogP contribution in [0.25, 0.3) is 0 Å². The zero-order valence-electron chi connectivity index (χ0n) is 10.6. The number of amides is 1. The van der Waals surface area contributed by atoms with Crippen LogP contribution in [0.3, 0.4) is 0 Å². The molecule has 2 fully saturated rings. The van der Waals surface area contributed by atoms with Gasteiger partial charge in [0, 0.05) is 38.0 Å². The summed E-state index contributed by atoms with van der Waals surface area (Å²) in [5, 5.41) is 6.44. The van der Waals surface area contributed by atoms with Gasteiger partial charge in [0.05, 0.1) is 6.54 Å². The van der Waals surface area contributed by atoms with Crippen LogP contribution < -0.4 is 10.6 Å². The van der Waals surface area contributed by atoms with Gasteiger partial charge in [-0.15, -0.1) is 0 Å². The molecule has 2 heterocycles. The van der Waals surface area contributed by atoms with Crippen molar-refractivity contribution in [1.29, 1.82) is 0 Å². The number of hydrogen-bond donors (Lipinski definition) is 2. The normalized spacial score (nSPS) is 27.2. The summed E-state index contributed by atoms with van der Waals surface area (Å²) in [6.45, 7) is 2.65. The smallest absolute Gasteiger partial charge is 0.233 e. The lowest BCUT2D eigenvalue weighted by Crippen LogP contribution is -2.48. The highest BCUT2D eigenvalue weighted by molar-refractivity contribution is 7.99. The van der Waals surface area contributed by atoms with Gasteiger partial charge < -0.3 is 10.6 Å². The Hall–Kier alpha value is -0.260. The third-order valence-electron chi connectivity index (χ3n) is 3.63. The molecule has 0 aliphatic carbocycles. The van der Waals surface area contributed by atoms with Gasteiger partial charge in [-0.2, -0.15) is 11.8 Å². The van der Waals surface area contributed by atoms with Crippen molar-refractivity contribution in [3.05, 3.63) is 0 Å². The minimum absolute atomic E-state index is 0.128. The number of rotatable bonds is 4. The highest BCUT2D eigenvalue weighted by atomic mass is 32.2. The highest BCUT2D eigenvalue weighted by Crippen LogP contribution is 2.19. The fraction of sp³-hybridized carbons (Fsp3) is 0.917. The molecule has 0 spiro atoms. The van der Waals surface area contributed by atoms with E-state index in [1.807, 2.05) is 0 Å². The molecule has 0 radical (unpaired) electrons. The first-order chi connectivity index (χ1) is 8.28. The number of carbonyl (C=O) groups excluding carboxylic acids is 1. The van der Waals surface area contributed by atoms with E-state index in [2.05, 4.69) is 27.3 Å². The summed E-state index contributed by atoms with van der Waals surface area (Å²) in [7, 11) is 1.70. The van der Waals surface area contributed by atoms with Gasteiger partial charge in [0.15, 0.2) is 0 Å². The van der Waals surface area contributed by atoms with Crippen LogP contribution >= 0.6 is 11.8 Å². The summed E-state index contributed by atoms with van der Waals surface area (Å²) in [6.07, 6.45) is 3.68. The average Bonchev–Trinajstić information content (AvgIpc) is 2.84. The molecule has 98 valence electrons. The molecular weight excluding hydrogens is 234 g/mol. The molecule has 17 heavy (non-hydrogen) atoms. The van der Waals surface area contributed by atoms with Crippen LogP contribution in [-0.4, -0.2) is 61.1 Å². The number of nitrogens with zero attached hydrogens (tertiary/aromatic N) is 1. The Morgan fingerprint density at radius 2 is 2.06 bits per heavy atom. The first-order valence-electron chi connectivity index (χ1n) is 6.54. The van der Waals surface area contributed by atoms with Crippen molar-refractivity contribution < 1.29 is 4.79 Å². The first kappa shape index (κ1) is 13.2. The summed E-state index contributed by atoms with van der Waals surface area (Å²) < 4.78 is 0. The number of likely N-dealkylation sites (N-methyl/N-ethyl adjacent to an activating group) is 1. The maximum absolute atomic E-state index is 11.3. The second-order valence-corrected chi connectivity index (χ2v) is 6.10. The molecule has 2 aliphatic rings. The predicted molar refractivity (Wildman–Crippen MR) is 72.4 cm³/mol. The zero-order valence-corrected chi connectivity index (χ0v) is 11.4.